The summed E-state index contributed by atoms with van der Waals surface area (Å²) in [6.07, 6.45) is 0. The predicted molar refractivity (Wildman–Crippen MR) is 283 cm³/mol. The highest BCUT2D eigenvalue weighted by Gasteiger charge is 2.22. The zero-order chi connectivity index (χ0) is 45.4. The van der Waals surface area contributed by atoms with E-state index in [0.717, 1.165) is 105 Å². The first-order valence-corrected chi connectivity index (χ1v) is 23.3. The smallest absolute Gasteiger partial charge is 0.238 e. The summed E-state index contributed by atoms with van der Waals surface area (Å²) in [6, 6.07) is 83.3. The van der Waals surface area contributed by atoms with Crippen LogP contribution in [0, 0.1) is 0 Å². The van der Waals surface area contributed by atoms with Crippen molar-refractivity contribution in [2.45, 2.75) is 0 Å². The molecule has 0 bridgehead atoms. The first-order valence-electron chi connectivity index (χ1n) is 23.3. The van der Waals surface area contributed by atoms with E-state index in [1.807, 2.05) is 24.3 Å². The molecule has 10 aromatic carbocycles. The van der Waals surface area contributed by atoms with Gasteiger partial charge in [0.2, 0.25) is 5.95 Å². The maximum Gasteiger partial charge on any atom is 0.238 e. The number of benzene rings is 10. The van der Waals surface area contributed by atoms with Gasteiger partial charge < -0.3 is 8.98 Å². The van der Waals surface area contributed by atoms with Crippen molar-refractivity contribution in [1.82, 2.24) is 24.1 Å². The van der Waals surface area contributed by atoms with Crippen LogP contribution in [-0.4, -0.2) is 24.1 Å². The third kappa shape index (κ3) is 6.30. The van der Waals surface area contributed by atoms with E-state index in [9.17, 15) is 0 Å². The van der Waals surface area contributed by atoms with Gasteiger partial charge in [-0.05, 0) is 75.8 Å². The lowest BCUT2D eigenvalue weighted by atomic mass is 9.98. The molecule has 0 aliphatic carbocycles. The highest BCUT2D eigenvalue weighted by atomic mass is 16.3. The van der Waals surface area contributed by atoms with Crippen molar-refractivity contribution in [3.8, 4) is 67.8 Å². The van der Waals surface area contributed by atoms with Crippen molar-refractivity contribution in [2.75, 3.05) is 0 Å². The van der Waals surface area contributed by atoms with Crippen molar-refractivity contribution in [2.24, 2.45) is 0 Å². The fourth-order valence-corrected chi connectivity index (χ4v) is 10.4. The number of fused-ring (bicyclic) bond motifs is 9. The maximum atomic E-state index is 6.60. The van der Waals surface area contributed by atoms with E-state index in [-0.39, 0.29) is 0 Å². The lowest BCUT2D eigenvalue weighted by Gasteiger charge is -2.12. The first kappa shape index (κ1) is 38.8. The average Bonchev–Trinajstić information content (AvgIpc) is 4.09. The quantitative estimate of drug-likeness (QED) is 0.160. The van der Waals surface area contributed by atoms with E-state index in [2.05, 4.69) is 221 Å². The van der Waals surface area contributed by atoms with Gasteiger partial charge in [0.05, 0.1) is 27.8 Å². The van der Waals surface area contributed by atoms with Gasteiger partial charge in [-0.15, -0.1) is 0 Å². The Morgan fingerprint density at radius 2 is 0.797 bits per heavy atom. The van der Waals surface area contributed by atoms with E-state index < -0.39 is 0 Å². The van der Waals surface area contributed by atoms with Gasteiger partial charge in [0.15, 0.2) is 17.2 Å². The summed E-state index contributed by atoms with van der Waals surface area (Å²) >= 11 is 0. The van der Waals surface area contributed by atoms with Crippen molar-refractivity contribution >= 4 is 65.6 Å². The van der Waals surface area contributed by atoms with Crippen LogP contribution in [-0.2, 0) is 0 Å². The number of para-hydroxylation sites is 4. The second kappa shape index (κ2) is 15.6. The van der Waals surface area contributed by atoms with Crippen molar-refractivity contribution in [3.63, 3.8) is 0 Å². The van der Waals surface area contributed by atoms with Crippen LogP contribution in [0.4, 0.5) is 0 Å². The van der Waals surface area contributed by atoms with E-state index >= 15 is 0 Å². The Balaban J connectivity index is 0.950. The summed E-state index contributed by atoms with van der Waals surface area (Å²) in [5.74, 6) is 1.75. The number of hydrogen-bond acceptors (Lipinski definition) is 4. The molecule has 0 saturated heterocycles. The SMILES string of the molecule is c1ccc(-c2ccc(-c3nc(-c4ccc(-c5ccccc5)cc4)nc(-n4c5ccccc5c5c(-c6ccc7c(c6)c6ccccc6n7-c6cccc7c6oc6ccccc67)cccc54)n3)cc2)cc1. The van der Waals surface area contributed by atoms with Gasteiger partial charge in [0.1, 0.15) is 5.58 Å². The summed E-state index contributed by atoms with van der Waals surface area (Å²) in [7, 11) is 0. The van der Waals surface area contributed by atoms with Gasteiger partial charge in [0, 0.05) is 43.4 Å². The lowest BCUT2D eigenvalue weighted by molar-refractivity contribution is 0.666. The Hall–Kier alpha value is -9.39. The van der Waals surface area contributed by atoms with Crippen LogP contribution in [0.2, 0.25) is 0 Å². The van der Waals surface area contributed by atoms with Gasteiger partial charge >= 0.3 is 0 Å². The van der Waals surface area contributed by atoms with E-state index in [4.69, 9.17) is 19.4 Å². The third-order valence-electron chi connectivity index (χ3n) is 13.6. The zero-order valence-corrected chi connectivity index (χ0v) is 37.2. The van der Waals surface area contributed by atoms with Gasteiger partial charge in [-0.2, -0.15) is 9.97 Å². The van der Waals surface area contributed by atoms with Crippen LogP contribution in [0.5, 0.6) is 0 Å². The molecule has 0 saturated carbocycles. The molecule has 14 rings (SSSR count). The van der Waals surface area contributed by atoms with Gasteiger partial charge in [-0.25, -0.2) is 4.98 Å². The molecule has 0 fully saturated rings. The first-order chi connectivity index (χ1) is 34.2. The Labute approximate surface area is 396 Å². The molecule has 0 amide bonds. The normalized spacial score (nSPS) is 11.8. The number of nitrogens with zero attached hydrogens (tertiary/aromatic N) is 5. The monoisotopic (exact) mass is 881 g/mol. The number of hydrogen-bond donors (Lipinski definition) is 0. The van der Waals surface area contributed by atoms with Gasteiger partial charge in [0.25, 0.3) is 0 Å². The molecule has 0 N–H and O–H groups in total. The summed E-state index contributed by atoms with van der Waals surface area (Å²) < 4.78 is 11.2. The molecule has 69 heavy (non-hydrogen) atoms. The Kier molecular flexibility index (Phi) is 8.79. The number of rotatable bonds is 7. The summed E-state index contributed by atoms with van der Waals surface area (Å²) in [4.78, 5) is 15.8. The topological polar surface area (TPSA) is 61.7 Å². The molecule has 4 aromatic heterocycles. The standard InChI is InChI=1S/C63H39N5O/c1-3-15-40(16-4-1)42-29-33-44(34-30-42)61-64-62(45-35-31-43(32-36-45)41-17-5-2-6-18-41)66-63(65-61)68-54-25-11-8-21-51(54)59-47(22-13-26-56(59)68)46-37-38-55-52(39-46)48-19-7-10-24-53(48)67(55)57-27-14-23-50-49-20-9-12-28-58(49)69-60(50)57/h1-39H. The zero-order valence-electron chi connectivity index (χ0n) is 37.2. The van der Waals surface area contributed by atoms with Crippen LogP contribution in [0.1, 0.15) is 0 Å². The largest absolute Gasteiger partial charge is 0.454 e. The fourth-order valence-electron chi connectivity index (χ4n) is 10.4. The fraction of sp³-hybridized carbons (Fsp3) is 0. The highest BCUT2D eigenvalue weighted by Crippen LogP contribution is 2.43. The molecule has 6 heteroatoms. The van der Waals surface area contributed by atoms with Crippen molar-refractivity contribution in [3.05, 3.63) is 237 Å². The van der Waals surface area contributed by atoms with Crippen molar-refractivity contribution in [1.29, 1.82) is 0 Å². The minimum absolute atomic E-state index is 0.552. The van der Waals surface area contributed by atoms with E-state index in [1.54, 1.807) is 0 Å². The lowest BCUT2D eigenvalue weighted by Crippen LogP contribution is -2.06. The molecular formula is C63H39N5O. The molecule has 0 radical (unpaired) electrons. The van der Waals surface area contributed by atoms with E-state index in [0.29, 0.717) is 17.6 Å². The molecular weight excluding hydrogens is 843 g/mol. The molecule has 0 aliphatic heterocycles. The van der Waals surface area contributed by atoms with Gasteiger partial charge in [-0.3, -0.25) is 4.57 Å². The molecule has 14 aromatic rings. The molecule has 0 unspecified atom stereocenters. The second-order valence-electron chi connectivity index (χ2n) is 17.6. The molecule has 6 nitrogen and oxygen atoms in total. The summed E-state index contributed by atoms with van der Waals surface area (Å²) in [5.41, 5.74) is 15.7. The van der Waals surface area contributed by atoms with Crippen LogP contribution < -0.4 is 0 Å². The number of aromatic nitrogens is 5. The molecule has 4 heterocycles. The number of furan rings is 1. The highest BCUT2D eigenvalue weighted by molar-refractivity contribution is 6.18. The van der Waals surface area contributed by atoms with Gasteiger partial charge in [-0.1, -0.05) is 194 Å². The minimum atomic E-state index is 0.552. The predicted octanol–water partition coefficient (Wildman–Crippen LogP) is 16.3. The van der Waals surface area contributed by atoms with Crippen molar-refractivity contribution < 1.29 is 4.42 Å². The van der Waals surface area contributed by atoms with E-state index in [1.165, 1.54) is 10.8 Å². The van der Waals surface area contributed by atoms with Crippen LogP contribution >= 0.6 is 0 Å². The molecule has 0 atom stereocenters. The summed E-state index contributed by atoms with van der Waals surface area (Å²) in [6.45, 7) is 0. The molecule has 322 valence electrons. The average molecular weight is 882 g/mol. The Morgan fingerprint density at radius 3 is 1.48 bits per heavy atom. The maximum absolute atomic E-state index is 6.60. The van der Waals surface area contributed by atoms with Crippen LogP contribution in [0.25, 0.3) is 133 Å². The second-order valence-corrected chi connectivity index (χ2v) is 17.6. The Morgan fingerprint density at radius 1 is 0.304 bits per heavy atom. The minimum Gasteiger partial charge on any atom is -0.454 e. The molecule has 0 spiro atoms. The molecule has 0 aliphatic rings. The van der Waals surface area contributed by atoms with Crippen LogP contribution in [0.15, 0.2) is 241 Å². The van der Waals surface area contributed by atoms with Crippen LogP contribution in [0.3, 0.4) is 0 Å². The summed E-state index contributed by atoms with van der Waals surface area (Å²) in [5, 5.41) is 6.81. The third-order valence-corrected chi connectivity index (χ3v) is 13.6. The Bertz CT molecular complexity index is 4180.